The molecule has 19 heavy (non-hydrogen) atoms. The minimum Gasteiger partial charge on any atom is -0.310 e. The lowest BCUT2D eigenvalue weighted by atomic mass is 10.1. The number of benzene rings is 1. The Morgan fingerprint density at radius 2 is 2.11 bits per heavy atom. The van der Waals surface area contributed by atoms with Crippen LogP contribution in [0.1, 0.15) is 18.1 Å². The van der Waals surface area contributed by atoms with Crippen LogP contribution >= 0.6 is 0 Å². The van der Waals surface area contributed by atoms with Gasteiger partial charge < -0.3 is 4.90 Å². The summed E-state index contributed by atoms with van der Waals surface area (Å²) >= 11 is 0. The van der Waals surface area contributed by atoms with Gasteiger partial charge in [-0.1, -0.05) is 23.8 Å². The van der Waals surface area contributed by atoms with Crippen molar-refractivity contribution < 1.29 is 4.79 Å². The molecule has 1 aliphatic heterocycles. The molecule has 0 aliphatic carbocycles. The number of piperazine rings is 1. The van der Waals surface area contributed by atoms with Crippen LogP contribution in [0, 0.1) is 13.8 Å². The van der Waals surface area contributed by atoms with Gasteiger partial charge in [0, 0.05) is 25.3 Å². The molecule has 0 spiro atoms. The number of anilines is 1. The van der Waals surface area contributed by atoms with Gasteiger partial charge in [-0.05, 0) is 32.4 Å². The van der Waals surface area contributed by atoms with Crippen molar-refractivity contribution >= 4 is 11.6 Å². The summed E-state index contributed by atoms with van der Waals surface area (Å²) in [5.41, 5.74) is 3.44. The average molecular weight is 258 g/mol. The quantitative estimate of drug-likeness (QED) is 0.778. The fourth-order valence-electron chi connectivity index (χ4n) is 2.68. The van der Waals surface area contributed by atoms with E-state index in [2.05, 4.69) is 43.5 Å². The predicted molar refractivity (Wildman–Crippen MR) is 79.5 cm³/mol. The number of hydrogen-bond donors (Lipinski definition) is 0. The summed E-state index contributed by atoms with van der Waals surface area (Å²) in [6, 6.07) is 6.17. The molecule has 1 saturated heterocycles. The van der Waals surface area contributed by atoms with Gasteiger partial charge in [0.2, 0.25) is 5.91 Å². The molecule has 0 bridgehead atoms. The molecule has 3 nitrogen and oxygen atoms in total. The molecule has 1 heterocycles. The van der Waals surface area contributed by atoms with Gasteiger partial charge in [0.05, 0.1) is 6.04 Å². The van der Waals surface area contributed by atoms with E-state index in [1.807, 2.05) is 17.9 Å². The van der Waals surface area contributed by atoms with Crippen molar-refractivity contribution in [3.05, 3.63) is 42.0 Å². The maximum atomic E-state index is 12.5. The van der Waals surface area contributed by atoms with Crippen molar-refractivity contribution in [2.75, 3.05) is 24.5 Å². The molecule has 0 aromatic heterocycles. The summed E-state index contributed by atoms with van der Waals surface area (Å²) in [5.74, 6) is 0.181. The van der Waals surface area contributed by atoms with E-state index < -0.39 is 0 Å². The van der Waals surface area contributed by atoms with E-state index in [4.69, 9.17) is 0 Å². The first kappa shape index (κ1) is 13.8. The molecular weight excluding hydrogens is 236 g/mol. The maximum absolute atomic E-state index is 12.5. The summed E-state index contributed by atoms with van der Waals surface area (Å²) in [6.45, 7) is 12.3. The van der Waals surface area contributed by atoms with Crippen LogP contribution < -0.4 is 4.90 Å². The third kappa shape index (κ3) is 2.71. The highest BCUT2D eigenvalue weighted by molar-refractivity contribution is 5.98. The summed E-state index contributed by atoms with van der Waals surface area (Å²) < 4.78 is 0. The smallest absolute Gasteiger partial charge is 0.244 e. The van der Waals surface area contributed by atoms with Crippen LogP contribution in [0.5, 0.6) is 0 Å². The van der Waals surface area contributed by atoms with E-state index in [1.54, 1.807) is 0 Å². The molecule has 1 atom stereocenters. The molecule has 1 aliphatic rings. The number of hydrogen-bond acceptors (Lipinski definition) is 2. The van der Waals surface area contributed by atoms with E-state index in [1.165, 1.54) is 5.56 Å². The number of aryl methyl sites for hydroxylation is 2. The Labute approximate surface area is 115 Å². The molecule has 1 aromatic carbocycles. The second-order valence-corrected chi connectivity index (χ2v) is 5.24. The first-order valence-corrected chi connectivity index (χ1v) is 6.78. The molecule has 1 unspecified atom stereocenters. The first-order valence-electron chi connectivity index (χ1n) is 6.78. The zero-order chi connectivity index (χ0) is 14.0. The molecular formula is C16H22N2O. The van der Waals surface area contributed by atoms with Crippen LogP contribution in [0.15, 0.2) is 30.9 Å². The summed E-state index contributed by atoms with van der Waals surface area (Å²) in [6.07, 6.45) is 1.86. The summed E-state index contributed by atoms with van der Waals surface area (Å²) in [4.78, 5) is 16.6. The molecule has 0 saturated carbocycles. The molecule has 3 heteroatoms. The molecule has 2 rings (SSSR count). The molecule has 1 amide bonds. The lowest BCUT2D eigenvalue weighted by molar-refractivity contribution is -0.124. The fraction of sp³-hybridized carbons (Fsp3) is 0.438. The van der Waals surface area contributed by atoms with Crippen LogP contribution in [0.3, 0.4) is 0 Å². The van der Waals surface area contributed by atoms with Crippen molar-refractivity contribution in [3.63, 3.8) is 0 Å². The van der Waals surface area contributed by atoms with E-state index in [-0.39, 0.29) is 11.9 Å². The van der Waals surface area contributed by atoms with Crippen LogP contribution in [-0.4, -0.2) is 36.5 Å². The Bertz CT molecular complexity index is 496. The van der Waals surface area contributed by atoms with Gasteiger partial charge in [-0.25, -0.2) is 0 Å². The van der Waals surface area contributed by atoms with Crippen molar-refractivity contribution in [2.45, 2.75) is 26.8 Å². The largest absolute Gasteiger partial charge is 0.310 e. The highest BCUT2D eigenvalue weighted by atomic mass is 16.2. The lowest BCUT2D eigenvalue weighted by Gasteiger charge is -2.39. The van der Waals surface area contributed by atoms with Crippen molar-refractivity contribution in [1.29, 1.82) is 0 Å². The van der Waals surface area contributed by atoms with E-state index >= 15 is 0 Å². The third-order valence-corrected chi connectivity index (χ3v) is 3.79. The van der Waals surface area contributed by atoms with Gasteiger partial charge in [-0.15, -0.1) is 6.58 Å². The minimum absolute atomic E-state index is 0.0764. The maximum Gasteiger partial charge on any atom is 0.244 e. The van der Waals surface area contributed by atoms with E-state index in [9.17, 15) is 4.79 Å². The van der Waals surface area contributed by atoms with Crippen molar-refractivity contribution in [2.24, 2.45) is 0 Å². The molecule has 1 fully saturated rings. The van der Waals surface area contributed by atoms with Crippen molar-refractivity contribution in [1.82, 2.24) is 4.90 Å². The zero-order valence-electron chi connectivity index (χ0n) is 12.0. The lowest BCUT2D eigenvalue weighted by Crippen LogP contribution is -2.56. The fourth-order valence-corrected chi connectivity index (χ4v) is 2.68. The standard InChI is InChI=1S/C16H22N2O/c1-5-8-17-9-10-18(16(19)14(17)4)15-7-6-12(2)11-13(15)3/h5-7,11,14H,1,8-10H2,2-4H3. The molecule has 0 N–H and O–H groups in total. The number of carbonyl (C=O) groups is 1. The summed E-state index contributed by atoms with van der Waals surface area (Å²) in [5, 5.41) is 0. The van der Waals surface area contributed by atoms with Gasteiger partial charge in [-0.2, -0.15) is 0 Å². The first-order chi connectivity index (χ1) is 9.04. The minimum atomic E-state index is -0.0764. The van der Waals surface area contributed by atoms with E-state index in [0.717, 1.165) is 30.9 Å². The highest BCUT2D eigenvalue weighted by Crippen LogP contribution is 2.24. The Hall–Kier alpha value is -1.61. The van der Waals surface area contributed by atoms with Crippen LogP contribution in [0.4, 0.5) is 5.69 Å². The Kier molecular flexibility index (Phi) is 4.05. The number of amides is 1. The normalized spacial score (nSPS) is 20.7. The topological polar surface area (TPSA) is 23.6 Å². The average Bonchev–Trinajstić information content (AvgIpc) is 2.37. The highest BCUT2D eigenvalue weighted by Gasteiger charge is 2.31. The Morgan fingerprint density at radius 1 is 1.37 bits per heavy atom. The van der Waals surface area contributed by atoms with E-state index in [0.29, 0.717) is 0 Å². The van der Waals surface area contributed by atoms with Gasteiger partial charge in [0.1, 0.15) is 0 Å². The van der Waals surface area contributed by atoms with Crippen molar-refractivity contribution in [3.8, 4) is 0 Å². The third-order valence-electron chi connectivity index (χ3n) is 3.79. The second-order valence-electron chi connectivity index (χ2n) is 5.24. The van der Waals surface area contributed by atoms with Crippen LogP contribution in [0.25, 0.3) is 0 Å². The Morgan fingerprint density at radius 3 is 2.74 bits per heavy atom. The molecule has 0 radical (unpaired) electrons. The Balaban J connectivity index is 2.23. The molecule has 1 aromatic rings. The number of rotatable bonds is 3. The predicted octanol–water partition coefficient (Wildman–Crippen LogP) is 2.53. The zero-order valence-corrected chi connectivity index (χ0v) is 12.0. The number of carbonyl (C=O) groups excluding carboxylic acids is 1. The molecule has 102 valence electrons. The van der Waals surface area contributed by atoms with Gasteiger partial charge in [0.15, 0.2) is 0 Å². The van der Waals surface area contributed by atoms with Gasteiger partial charge in [-0.3, -0.25) is 9.69 Å². The SMILES string of the molecule is C=CCN1CCN(c2ccc(C)cc2C)C(=O)C1C. The summed E-state index contributed by atoms with van der Waals surface area (Å²) in [7, 11) is 0. The monoisotopic (exact) mass is 258 g/mol. The van der Waals surface area contributed by atoms with Crippen LogP contribution in [0.2, 0.25) is 0 Å². The second kappa shape index (κ2) is 5.57. The van der Waals surface area contributed by atoms with Gasteiger partial charge in [0.25, 0.3) is 0 Å². The number of nitrogens with zero attached hydrogens (tertiary/aromatic N) is 2. The van der Waals surface area contributed by atoms with Gasteiger partial charge >= 0.3 is 0 Å². The van der Waals surface area contributed by atoms with Crippen LogP contribution in [-0.2, 0) is 4.79 Å².